The summed E-state index contributed by atoms with van der Waals surface area (Å²) in [6.07, 6.45) is 4.77. The number of hydrogen-bond donors (Lipinski definition) is 2. The molecular formula is C18H23ClF2N4O2. The normalized spacial score (nSPS) is 17.0. The van der Waals surface area contributed by atoms with E-state index in [1.54, 1.807) is 23.0 Å². The molecule has 6 nitrogen and oxygen atoms in total. The topological polar surface area (TPSA) is 68.2 Å². The van der Waals surface area contributed by atoms with Crippen molar-refractivity contribution in [1.82, 2.24) is 20.4 Å². The van der Waals surface area contributed by atoms with E-state index in [-0.39, 0.29) is 30.1 Å². The third-order valence-corrected chi connectivity index (χ3v) is 4.75. The number of nitrogens with zero attached hydrogens (tertiary/aromatic N) is 2. The Morgan fingerprint density at radius 1 is 1.30 bits per heavy atom. The van der Waals surface area contributed by atoms with E-state index in [1.807, 2.05) is 19.2 Å². The van der Waals surface area contributed by atoms with Crippen molar-refractivity contribution in [2.45, 2.75) is 38.0 Å². The molecule has 1 unspecified atom stereocenters. The molecule has 1 aliphatic rings. The highest BCUT2D eigenvalue weighted by Gasteiger charge is 2.42. The van der Waals surface area contributed by atoms with Crippen LogP contribution in [-0.2, 0) is 10.3 Å². The van der Waals surface area contributed by atoms with Crippen molar-refractivity contribution in [2.24, 2.45) is 0 Å². The van der Waals surface area contributed by atoms with E-state index < -0.39 is 12.2 Å². The molecule has 27 heavy (non-hydrogen) atoms. The predicted octanol–water partition coefficient (Wildman–Crippen LogP) is 2.86. The SMILES string of the molecule is CC(NC(=O)C1(n2cccn2)CCNCC1)c1ccc(OC(F)F)cc1.Cl. The number of amides is 1. The van der Waals surface area contributed by atoms with E-state index >= 15 is 0 Å². The van der Waals surface area contributed by atoms with Crippen molar-refractivity contribution in [1.29, 1.82) is 0 Å². The summed E-state index contributed by atoms with van der Waals surface area (Å²) in [4.78, 5) is 13.1. The number of hydrogen-bond acceptors (Lipinski definition) is 4. The molecule has 1 aromatic heterocycles. The maximum atomic E-state index is 13.1. The summed E-state index contributed by atoms with van der Waals surface area (Å²) in [7, 11) is 0. The van der Waals surface area contributed by atoms with Crippen LogP contribution in [0.1, 0.15) is 31.4 Å². The van der Waals surface area contributed by atoms with Crippen molar-refractivity contribution in [3.05, 3.63) is 48.3 Å². The average molecular weight is 401 g/mol. The fourth-order valence-corrected chi connectivity index (χ4v) is 3.27. The van der Waals surface area contributed by atoms with Gasteiger partial charge in [0.15, 0.2) is 0 Å². The molecule has 148 valence electrons. The Bertz CT molecular complexity index is 719. The number of aromatic nitrogens is 2. The van der Waals surface area contributed by atoms with E-state index in [0.29, 0.717) is 12.8 Å². The molecule has 1 fully saturated rings. The Morgan fingerprint density at radius 3 is 2.52 bits per heavy atom. The number of nitrogens with one attached hydrogen (secondary N) is 2. The fraction of sp³-hybridized carbons (Fsp3) is 0.444. The van der Waals surface area contributed by atoms with Gasteiger partial charge in [-0.05, 0) is 56.6 Å². The van der Waals surface area contributed by atoms with Gasteiger partial charge in [-0.15, -0.1) is 12.4 Å². The highest BCUT2D eigenvalue weighted by atomic mass is 35.5. The lowest BCUT2D eigenvalue weighted by molar-refractivity contribution is -0.132. The van der Waals surface area contributed by atoms with Crippen LogP contribution >= 0.6 is 12.4 Å². The van der Waals surface area contributed by atoms with Crippen LogP contribution in [-0.4, -0.2) is 35.4 Å². The van der Waals surface area contributed by atoms with Gasteiger partial charge in [-0.2, -0.15) is 13.9 Å². The van der Waals surface area contributed by atoms with Crippen molar-refractivity contribution >= 4 is 18.3 Å². The van der Waals surface area contributed by atoms with Crippen LogP contribution in [0.4, 0.5) is 8.78 Å². The molecule has 1 amide bonds. The van der Waals surface area contributed by atoms with Crippen LogP contribution < -0.4 is 15.4 Å². The number of benzene rings is 1. The Balaban J connectivity index is 0.00000261. The summed E-state index contributed by atoms with van der Waals surface area (Å²) < 4.78 is 30.6. The van der Waals surface area contributed by atoms with Gasteiger partial charge in [0.05, 0.1) is 6.04 Å². The molecule has 1 saturated heterocycles. The molecule has 0 saturated carbocycles. The first kappa shape index (κ1) is 21.1. The number of alkyl halides is 2. The lowest BCUT2D eigenvalue weighted by Gasteiger charge is -2.37. The maximum Gasteiger partial charge on any atom is 0.387 e. The summed E-state index contributed by atoms with van der Waals surface area (Å²) in [5.74, 6) is -0.00301. The average Bonchev–Trinajstić information content (AvgIpc) is 3.17. The molecule has 9 heteroatoms. The molecule has 1 aromatic carbocycles. The van der Waals surface area contributed by atoms with Gasteiger partial charge in [0.2, 0.25) is 5.91 Å². The third-order valence-electron chi connectivity index (χ3n) is 4.75. The van der Waals surface area contributed by atoms with Crippen LogP contribution in [0, 0.1) is 0 Å². The largest absolute Gasteiger partial charge is 0.435 e. The van der Waals surface area contributed by atoms with Crippen LogP contribution in [0.15, 0.2) is 42.7 Å². The molecule has 0 aliphatic carbocycles. The van der Waals surface area contributed by atoms with Crippen LogP contribution in [0.3, 0.4) is 0 Å². The quantitative estimate of drug-likeness (QED) is 0.782. The Hall–Kier alpha value is -2.19. The van der Waals surface area contributed by atoms with Gasteiger partial charge in [-0.3, -0.25) is 9.48 Å². The van der Waals surface area contributed by atoms with Crippen LogP contribution in [0.2, 0.25) is 0 Å². The molecule has 2 aromatic rings. The summed E-state index contributed by atoms with van der Waals surface area (Å²) in [6, 6.07) is 7.82. The molecule has 3 rings (SSSR count). The van der Waals surface area contributed by atoms with E-state index in [9.17, 15) is 13.6 Å². The van der Waals surface area contributed by atoms with Crippen molar-refractivity contribution < 1.29 is 18.3 Å². The molecule has 1 aliphatic heterocycles. The van der Waals surface area contributed by atoms with Crippen LogP contribution in [0.5, 0.6) is 5.75 Å². The summed E-state index contributed by atoms with van der Waals surface area (Å²) >= 11 is 0. The highest BCUT2D eigenvalue weighted by molar-refractivity contribution is 5.85. The lowest BCUT2D eigenvalue weighted by atomic mass is 9.87. The second-order valence-corrected chi connectivity index (χ2v) is 6.37. The second-order valence-electron chi connectivity index (χ2n) is 6.37. The molecule has 0 bridgehead atoms. The van der Waals surface area contributed by atoms with Gasteiger partial charge in [0.1, 0.15) is 11.3 Å². The van der Waals surface area contributed by atoms with Gasteiger partial charge in [-0.25, -0.2) is 0 Å². The van der Waals surface area contributed by atoms with Crippen molar-refractivity contribution in [3.8, 4) is 5.75 Å². The highest BCUT2D eigenvalue weighted by Crippen LogP contribution is 2.28. The number of carbonyl (C=O) groups is 1. The third kappa shape index (κ3) is 4.75. The van der Waals surface area contributed by atoms with Gasteiger partial charge >= 0.3 is 6.61 Å². The van der Waals surface area contributed by atoms with Crippen molar-refractivity contribution in [3.63, 3.8) is 0 Å². The molecular weight excluding hydrogens is 378 g/mol. The Labute approximate surface area is 162 Å². The minimum atomic E-state index is -2.85. The minimum absolute atomic E-state index is 0. The predicted molar refractivity (Wildman–Crippen MR) is 99.2 cm³/mol. The zero-order valence-corrected chi connectivity index (χ0v) is 15.7. The molecule has 2 heterocycles. The van der Waals surface area contributed by atoms with E-state index in [1.165, 1.54) is 12.1 Å². The number of rotatable bonds is 6. The van der Waals surface area contributed by atoms with E-state index in [4.69, 9.17) is 0 Å². The number of piperidine rings is 1. The standard InChI is InChI=1S/C18H22F2N4O2.ClH/c1-13(14-3-5-15(6-4-14)26-17(19)20)23-16(25)18(7-10-21-11-8-18)24-12-2-9-22-24;/h2-6,9,12-13,17,21H,7-8,10-11H2,1H3,(H,23,25);1H. The fourth-order valence-electron chi connectivity index (χ4n) is 3.27. The zero-order valence-electron chi connectivity index (χ0n) is 14.9. The lowest BCUT2D eigenvalue weighted by Crippen LogP contribution is -2.55. The zero-order chi connectivity index (χ0) is 18.6. The van der Waals surface area contributed by atoms with Gasteiger partial charge < -0.3 is 15.4 Å². The van der Waals surface area contributed by atoms with Crippen LogP contribution in [0.25, 0.3) is 0 Å². The first-order chi connectivity index (χ1) is 12.5. The molecule has 2 N–H and O–H groups in total. The molecule has 0 spiro atoms. The molecule has 0 radical (unpaired) electrons. The van der Waals surface area contributed by atoms with Gasteiger partial charge in [0.25, 0.3) is 0 Å². The second kappa shape index (κ2) is 9.14. The smallest absolute Gasteiger partial charge is 0.387 e. The minimum Gasteiger partial charge on any atom is -0.435 e. The Morgan fingerprint density at radius 2 is 1.96 bits per heavy atom. The van der Waals surface area contributed by atoms with Crippen molar-refractivity contribution in [2.75, 3.05) is 13.1 Å². The number of halogens is 3. The monoisotopic (exact) mass is 400 g/mol. The number of carbonyl (C=O) groups excluding carboxylic acids is 1. The van der Waals surface area contributed by atoms with Gasteiger partial charge in [-0.1, -0.05) is 12.1 Å². The van der Waals surface area contributed by atoms with Gasteiger partial charge in [0, 0.05) is 12.4 Å². The maximum absolute atomic E-state index is 13.1. The first-order valence-corrected chi connectivity index (χ1v) is 8.58. The molecule has 1 atom stereocenters. The van der Waals surface area contributed by atoms with E-state index in [2.05, 4.69) is 20.5 Å². The number of ether oxygens (including phenoxy) is 1. The summed E-state index contributed by atoms with van der Waals surface area (Å²) in [6.45, 7) is 0.480. The Kier molecular flexibility index (Phi) is 7.15. The van der Waals surface area contributed by atoms with E-state index in [0.717, 1.165) is 18.7 Å². The summed E-state index contributed by atoms with van der Waals surface area (Å²) in [5.41, 5.74) is 0.0892. The first-order valence-electron chi connectivity index (χ1n) is 8.58. The summed E-state index contributed by atoms with van der Waals surface area (Å²) in [5, 5.41) is 10.6.